The molecule has 0 spiro atoms. The van der Waals surface area contributed by atoms with Crippen LogP contribution in [0.3, 0.4) is 0 Å². The Bertz CT molecular complexity index is 463. The van der Waals surface area contributed by atoms with Crippen LogP contribution in [-0.2, 0) is 4.74 Å². The molecule has 2 unspecified atom stereocenters. The average molecular weight is 285 g/mol. The van der Waals surface area contributed by atoms with Gasteiger partial charge in [-0.1, -0.05) is 6.92 Å². The summed E-state index contributed by atoms with van der Waals surface area (Å²) in [5.41, 5.74) is -0.626. The molecule has 112 valence electrons. The molecule has 1 saturated heterocycles. The number of benzene rings is 1. The van der Waals surface area contributed by atoms with Gasteiger partial charge in [0.15, 0.2) is 0 Å². The Balaban J connectivity index is 2.31. The first-order valence-corrected chi connectivity index (χ1v) is 6.95. The summed E-state index contributed by atoms with van der Waals surface area (Å²) in [5, 5.41) is 10.6. The van der Waals surface area contributed by atoms with Crippen molar-refractivity contribution in [1.82, 2.24) is 4.90 Å². The number of nitrogens with zero attached hydrogens (tertiary/aromatic N) is 1. The second-order valence-corrected chi connectivity index (χ2v) is 5.38. The van der Waals surface area contributed by atoms with Gasteiger partial charge in [-0.2, -0.15) is 0 Å². The Hall–Kier alpha value is -1.04. The molecule has 20 heavy (non-hydrogen) atoms. The minimum absolute atomic E-state index is 0.0147. The fourth-order valence-corrected chi connectivity index (χ4v) is 2.72. The van der Waals surface area contributed by atoms with E-state index in [4.69, 9.17) is 4.74 Å². The molecule has 0 radical (unpaired) electrons. The molecule has 1 N–H and O–H groups in total. The molecular weight excluding hydrogens is 264 g/mol. The standard InChI is InChI=1S/C15H21F2NO2/c1-3-15(2,18-6-8-20-9-7-18)14(19)12-10-11(16)4-5-13(12)17/h4-5,10,14,19H,3,6-9H2,1-2H3. The zero-order valence-corrected chi connectivity index (χ0v) is 11.9. The predicted molar refractivity (Wildman–Crippen MR) is 72.4 cm³/mol. The van der Waals surface area contributed by atoms with Crippen LogP contribution in [0.1, 0.15) is 31.9 Å². The van der Waals surface area contributed by atoms with Crippen LogP contribution in [0.5, 0.6) is 0 Å². The van der Waals surface area contributed by atoms with Crippen molar-refractivity contribution < 1.29 is 18.6 Å². The van der Waals surface area contributed by atoms with Crippen LogP contribution in [-0.4, -0.2) is 41.8 Å². The average Bonchev–Trinajstić information content (AvgIpc) is 2.49. The summed E-state index contributed by atoms with van der Waals surface area (Å²) in [5.74, 6) is -1.12. The number of rotatable bonds is 4. The Kier molecular flexibility index (Phi) is 4.73. The Labute approximate surface area is 118 Å². The molecule has 2 atom stereocenters. The van der Waals surface area contributed by atoms with Crippen LogP contribution in [0, 0.1) is 11.6 Å². The second kappa shape index (κ2) is 6.16. The van der Waals surface area contributed by atoms with Crippen molar-refractivity contribution in [2.75, 3.05) is 26.3 Å². The fourth-order valence-electron chi connectivity index (χ4n) is 2.72. The summed E-state index contributed by atoms with van der Waals surface area (Å²) >= 11 is 0. The van der Waals surface area contributed by atoms with Gasteiger partial charge in [0, 0.05) is 24.2 Å². The smallest absolute Gasteiger partial charge is 0.129 e. The minimum atomic E-state index is -1.08. The summed E-state index contributed by atoms with van der Waals surface area (Å²) in [6.07, 6.45) is -0.453. The minimum Gasteiger partial charge on any atom is -0.386 e. The zero-order chi connectivity index (χ0) is 14.8. The highest BCUT2D eigenvalue weighted by Gasteiger charge is 2.40. The maximum atomic E-state index is 13.9. The van der Waals surface area contributed by atoms with Crippen LogP contribution in [0.15, 0.2) is 18.2 Å². The summed E-state index contributed by atoms with van der Waals surface area (Å²) < 4.78 is 32.5. The van der Waals surface area contributed by atoms with E-state index in [0.29, 0.717) is 32.7 Å². The van der Waals surface area contributed by atoms with Crippen LogP contribution in [0.4, 0.5) is 8.78 Å². The second-order valence-electron chi connectivity index (χ2n) is 5.38. The van der Waals surface area contributed by atoms with Gasteiger partial charge in [-0.25, -0.2) is 8.78 Å². The van der Waals surface area contributed by atoms with Gasteiger partial charge >= 0.3 is 0 Å². The molecule has 1 aromatic rings. The molecule has 2 rings (SSSR count). The maximum absolute atomic E-state index is 13.9. The van der Waals surface area contributed by atoms with Crippen LogP contribution in [0.25, 0.3) is 0 Å². The topological polar surface area (TPSA) is 32.7 Å². The lowest BCUT2D eigenvalue weighted by atomic mass is 9.84. The third-order valence-electron chi connectivity index (χ3n) is 4.29. The number of aliphatic hydroxyl groups excluding tert-OH is 1. The van der Waals surface area contributed by atoms with E-state index in [-0.39, 0.29) is 5.56 Å². The van der Waals surface area contributed by atoms with Gasteiger partial charge in [0.05, 0.1) is 19.3 Å². The summed E-state index contributed by atoms with van der Waals surface area (Å²) in [6.45, 7) is 6.36. The van der Waals surface area contributed by atoms with Crippen molar-refractivity contribution in [3.63, 3.8) is 0 Å². The molecule has 0 aromatic heterocycles. The zero-order valence-electron chi connectivity index (χ0n) is 11.9. The Morgan fingerprint density at radius 1 is 1.35 bits per heavy atom. The van der Waals surface area contributed by atoms with Gasteiger partial charge in [0.2, 0.25) is 0 Å². The van der Waals surface area contributed by atoms with Crippen molar-refractivity contribution >= 4 is 0 Å². The molecule has 1 heterocycles. The van der Waals surface area contributed by atoms with E-state index in [9.17, 15) is 13.9 Å². The van der Waals surface area contributed by atoms with Crippen molar-refractivity contribution in [3.8, 4) is 0 Å². The van der Waals surface area contributed by atoms with Gasteiger partial charge in [0.1, 0.15) is 11.6 Å². The van der Waals surface area contributed by atoms with Crippen LogP contribution < -0.4 is 0 Å². The molecule has 0 bridgehead atoms. The number of halogens is 2. The molecule has 1 aliphatic rings. The maximum Gasteiger partial charge on any atom is 0.129 e. The van der Waals surface area contributed by atoms with Crippen LogP contribution >= 0.6 is 0 Å². The highest BCUT2D eigenvalue weighted by molar-refractivity contribution is 5.24. The SMILES string of the molecule is CCC(C)(C(O)c1cc(F)ccc1F)N1CCOCC1. The normalized spacial score (nSPS) is 21.4. The van der Waals surface area contributed by atoms with E-state index in [1.807, 2.05) is 13.8 Å². The molecular formula is C15H21F2NO2. The highest BCUT2D eigenvalue weighted by Crippen LogP contribution is 2.36. The third-order valence-corrected chi connectivity index (χ3v) is 4.29. The van der Waals surface area contributed by atoms with Crippen molar-refractivity contribution in [2.24, 2.45) is 0 Å². The van der Waals surface area contributed by atoms with Gasteiger partial charge in [-0.15, -0.1) is 0 Å². The number of aliphatic hydroxyl groups is 1. The summed E-state index contributed by atoms with van der Waals surface area (Å²) in [4.78, 5) is 2.09. The quantitative estimate of drug-likeness (QED) is 0.922. The van der Waals surface area contributed by atoms with Gasteiger partial charge in [-0.3, -0.25) is 4.90 Å². The van der Waals surface area contributed by atoms with Crippen molar-refractivity contribution in [1.29, 1.82) is 0 Å². The first-order chi connectivity index (χ1) is 9.49. The molecule has 0 amide bonds. The van der Waals surface area contributed by atoms with E-state index in [2.05, 4.69) is 4.90 Å². The predicted octanol–water partition coefficient (Wildman–Crippen LogP) is 2.50. The fraction of sp³-hybridized carbons (Fsp3) is 0.600. The monoisotopic (exact) mass is 285 g/mol. The van der Waals surface area contributed by atoms with E-state index < -0.39 is 23.3 Å². The molecule has 3 nitrogen and oxygen atoms in total. The summed E-state index contributed by atoms with van der Waals surface area (Å²) in [6, 6.07) is 3.20. The Morgan fingerprint density at radius 2 is 2.00 bits per heavy atom. The van der Waals surface area contributed by atoms with Gasteiger partial charge in [-0.05, 0) is 31.5 Å². The number of hydrogen-bond donors (Lipinski definition) is 1. The van der Waals surface area contributed by atoms with E-state index >= 15 is 0 Å². The van der Waals surface area contributed by atoms with Gasteiger partial charge in [0.25, 0.3) is 0 Å². The third kappa shape index (κ3) is 2.85. The van der Waals surface area contributed by atoms with Crippen LogP contribution in [0.2, 0.25) is 0 Å². The molecule has 1 aliphatic heterocycles. The first kappa shape index (κ1) is 15.4. The molecule has 0 aliphatic carbocycles. The van der Waals surface area contributed by atoms with E-state index in [1.54, 1.807) is 0 Å². The highest BCUT2D eigenvalue weighted by atomic mass is 19.1. The molecule has 1 fully saturated rings. The van der Waals surface area contributed by atoms with Gasteiger partial charge < -0.3 is 9.84 Å². The molecule has 1 aromatic carbocycles. The number of ether oxygens (including phenoxy) is 1. The van der Waals surface area contributed by atoms with Crippen molar-refractivity contribution in [2.45, 2.75) is 31.9 Å². The van der Waals surface area contributed by atoms with E-state index in [0.717, 1.165) is 18.2 Å². The lowest BCUT2D eigenvalue weighted by Gasteiger charge is -2.46. The Morgan fingerprint density at radius 3 is 2.60 bits per heavy atom. The number of hydrogen-bond acceptors (Lipinski definition) is 3. The lowest BCUT2D eigenvalue weighted by molar-refractivity contribution is -0.0744. The van der Waals surface area contributed by atoms with E-state index in [1.165, 1.54) is 0 Å². The largest absolute Gasteiger partial charge is 0.386 e. The first-order valence-electron chi connectivity index (χ1n) is 6.95. The number of morpholine rings is 1. The molecule has 5 heteroatoms. The van der Waals surface area contributed by atoms with Crippen molar-refractivity contribution in [3.05, 3.63) is 35.4 Å². The lowest BCUT2D eigenvalue weighted by Crippen LogP contribution is -2.54. The molecule has 0 saturated carbocycles. The summed E-state index contributed by atoms with van der Waals surface area (Å²) in [7, 11) is 0.